The van der Waals surface area contributed by atoms with Gasteiger partial charge in [-0.25, -0.2) is 0 Å². The van der Waals surface area contributed by atoms with Crippen LogP contribution in [0.1, 0.15) is 18.0 Å². The zero-order chi connectivity index (χ0) is 11.5. The van der Waals surface area contributed by atoms with E-state index in [2.05, 4.69) is 0 Å². The molecule has 1 aliphatic rings. The minimum atomic E-state index is -0.914. The quantitative estimate of drug-likeness (QED) is 0.796. The average Bonchev–Trinajstić information content (AvgIpc) is 2.27. The van der Waals surface area contributed by atoms with Crippen LogP contribution in [0.15, 0.2) is 18.2 Å². The molecule has 0 spiro atoms. The number of fused-ring (bicyclic) bond motifs is 1. The number of rotatable bonds is 3. The zero-order valence-electron chi connectivity index (χ0n) is 8.68. The topological polar surface area (TPSA) is 81.8 Å². The smallest absolute Gasteiger partial charge is 0.305 e. The van der Waals surface area contributed by atoms with E-state index in [1.165, 1.54) is 0 Å². The molecule has 0 bridgehead atoms. The van der Waals surface area contributed by atoms with Crippen LogP contribution in [0.5, 0.6) is 11.5 Å². The van der Waals surface area contributed by atoms with Crippen molar-refractivity contribution in [2.45, 2.75) is 12.5 Å². The fourth-order valence-corrected chi connectivity index (χ4v) is 1.60. The van der Waals surface area contributed by atoms with E-state index in [4.69, 9.17) is 20.3 Å². The predicted molar refractivity (Wildman–Crippen MR) is 56.6 cm³/mol. The molecule has 0 saturated heterocycles. The Morgan fingerprint density at radius 2 is 2.06 bits per heavy atom. The maximum atomic E-state index is 10.5. The van der Waals surface area contributed by atoms with Gasteiger partial charge in [-0.1, -0.05) is 6.07 Å². The first-order valence-electron chi connectivity index (χ1n) is 5.04. The van der Waals surface area contributed by atoms with Gasteiger partial charge in [-0.2, -0.15) is 0 Å². The molecule has 5 heteroatoms. The Balaban J connectivity index is 2.19. The Hall–Kier alpha value is -1.75. The third-order valence-corrected chi connectivity index (χ3v) is 2.39. The van der Waals surface area contributed by atoms with Gasteiger partial charge in [0, 0.05) is 6.04 Å². The molecule has 0 amide bonds. The first-order chi connectivity index (χ1) is 7.66. The van der Waals surface area contributed by atoms with Crippen molar-refractivity contribution in [1.82, 2.24) is 0 Å². The predicted octanol–water partition coefficient (Wildman–Crippen LogP) is 0.932. The molecular weight excluding hydrogens is 210 g/mol. The molecule has 2 rings (SSSR count). The van der Waals surface area contributed by atoms with Gasteiger partial charge in [-0.3, -0.25) is 4.79 Å². The maximum absolute atomic E-state index is 10.5. The fourth-order valence-electron chi connectivity index (χ4n) is 1.60. The lowest BCUT2D eigenvalue weighted by Crippen LogP contribution is -2.18. The van der Waals surface area contributed by atoms with Crippen molar-refractivity contribution in [3.05, 3.63) is 23.8 Å². The van der Waals surface area contributed by atoms with Crippen molar-refractivity contribution < 1.29 is 19.4 Å². The summed E-state index contributed by atoms with van der Waals surface area (Å²) < 4.78 is 10.7. The van der Waals surface area contributed by atoms with Crippen molar-refractivity contribution >= 4 is 5.97 Å². The minimum Gasteiger partial charge on any atom is -0.486 e. The first-order valence-corrected chi connectivity index (χ1v) is 5.04. The maximum Gasteiger partial charge on any atom is 0.305 e. The van der Waals surface area contributed by atoms with Crippen molar-refractivity contribution in [2.24, 2.45) is 5.73 Å². The minimum absolute atomic E-state index is 0.0976. The number of carbonyl (C=O) groups is 1. The third-order valence-electron chi connectivity index (χ3n) is 2.39. The molecule has 0 saturated carbocycles. The number of hydrogen-bond acceptors (Lipinski definition) is 4. The van der Waals surface area contributed by atoms with Crippen LogP contribution in [0.4, 0.5) is 0 Å². The molecule has 1 aromatic carbocycles. The highest BCUT2D eigenvalue weighted by molar-refractivity contribution is 5.68. The summed E-state index contributed by atoms with van der Waals surface area (Å²) in [6.45, 7) is 1.04. The molecule has 0 aromatic heterocycles. The summed E-state index contributed by atoms with van der Waals surface area (Å²) in [6, 6.07) is 4.74. The number of benzene rings is 1. The molecule has 1 aliphatic heterocycles. The zero-order valence-corrected chi connectivity index (χ0v) is 8.68. The van der Waals surface area contributed by atoms with Gasteiger partial charge in [-0.05, 0) is 17.7 Å². The number of ether oxygens (including phenoxy) is 2. The number of carboxylic acids is 1. The van der Waals surface area contributed by atoms with Gasteiger partial charge in [0.25, 0.3) is 0 Å². The monoisotopic (exact) mass is 223 g/mol. The second-order valence-electron chi connectivity index (χ2n) is 3.61. The molecular formula is C11H13NO4. The normalized spacial score (nSPS) is 15.6. The van der Waals surface area contributed by atoms with E-state index in [9.17, 15) is 4.79 Å². The molecule has 0 aliphatic carbocycles. The van der Waals surface area contributed by atoms with Gasteiger partial charge >= 0.3 is 5.97 Å². The van der Waals surface area contributed by atoms with E-state index in [0.717, 1.165) is 5.56 Å². The van der Waals surface area contributed by atoms with Gasteiger partial charge < -0.3 is 20.3 Å². The lowest BCUT2D eigenvalue weighted by Gasteiger charge is -2.20. The van der Waals surface area contributed by atoms with Crippen LogP contribution in [-0.4, -0.2) is 24.3 Å². The molecule has 1 unspecified atom stereocenters. The van der Waals surface area contributed by atoms with E-state index in [0.29, 0.717) is 24.7 Å². The van der Waals surface area contributed by atoms with Crippen LogP contribution in [0.25, 0.3) is 0 Å². The van der Waals surface area contributed by atoms with Crippen molar-refractivity contribution in [1.29, 1.82) is 0 Å². The Kier molecular flexibility index (Phi) is 2.96. The van der Waals surface area contributed by atoms with Gasteiger partial charge in [0.2, 0.25) is 0 Å². The highest BCUT2D eigenvalue weighted by atomic mass is 16.6. The summed E-state index contributed by atoms with van der Waals surface area (Å²) in [6.07, 6.45) is -0.0976. The molecule has 0 radical (unpaired) electrons. The standard InChI is InChI=1S/C11H13NO4/c12-8(6-11(13)14)7-1-2-9-10(5-7)16-4-3-15-9/h1-2,5,8H,3-4,6,12H2,(H,13,14). The van der Waals surface area contributed by atoms with Crippen LogP contribution in [0.2, 0.25) is 0 Å². The Morgan fingerprint density at radius 1 is 1.38 bits per heavy atom. The van der Waals surface area contributed by atoms with Crippen molar-refractivity contribution in [3.8, 4) is 11.5 Å². The Labute approximate surface area is 92.8 Å². The van der Waals surface area contributed by atoms with Gasteiger partial charge in [-0.15, -0.1) is 0 Å². The molecule has 0 fully saturated rings. The largest absolute Gasteiger partial charge is 0.486 e. The SMILES string of the molecule is NC(CC(=O)O)c1ccc2c(c1)OCCO2. The second kappa shape index (κ2) is 4.40. The number of nitrogens with two attached hydrogens (primary N) is 1. The van der Waals surface area contributed by atoms with E-state index >= 15 is 0 Å². The van der Waals surface area contributed by atoms with Crippen LogP contribution >= 0.6 is 0 Å². The summed E-state index contributed by atoms with van der Waals surface area (Å²) in [5.74, 6) is 0.393. The summed E-state index contributed by atoms with van der Waals surface area (Å²) in [5, 5.41) is 8.65. The highest BCUT2D eigenvalue weighted by Gasteiger charge is 2.16. The fraction of sp³-hybridized carbons (Fsp3) is 0.364. The molecule has 86 valence electrons. The highest BCUT2D eigenvalue weighted by Crippen LogP contribution is 2.32. The van der Waals surface area contributed by atoms with Crippen molar-refractivity contribution in [2.75, 3.05) is 13.2 Å². The van der Waals surface area contributed by atoms with E-state index < -0.39 is 12.0 Å². The van der Waals surface area contributed by atoms with Crippen LogP contribution in [0.3, 0.4) is 0 Å². The second-order valence-corrected chi connectivity index (χ2v) is 3.61. The lowest BCUT2D eigenvalue weighted by molar-refractivity contribution is -0.137. The van der Waals surface area contributed by atoms with Crippen LogP contribution in [-0.2, 0) is 4.79 Å². The molecule has 5 nitrogen and oxygen atoms in total. The molecule has 3 N–H and O–H groups in total. The van der Waals surface area contributed by atoms with Gasteiger partial charge in [0.1, 0.15) is 13.2 Å². The van der Waals surface area contributed by atoms with E-state index in [1.54, 1.807) is 18.2 Å². The Morgan fingerprint density at radius 3 is 2.75 bits per heavy atom. The Bertz CT molecular complexity index is 405. The molecule has 16 heavy (non-hydrogen) atoms. The summed E-state index contributed by atoms with van der Waals surface area (Å²) >= 11 is 0. The third kappa shape index (κ3) is 2.25. The lowest BCUT2D eigenvalue weighted by atomic mass is 10.0. The van der Waals surface area contributed by atoms with Crippen LogP contribution in [0, 0.1) is 0 Å². The first kappa shape index (κ1) is 10.8. The number of carboxylic acid groups (broad SMARTS) is 1. The summed E-state index contributed by atoms with van der Waals surface area (Å²) in [7, 11) is 0. The number of aliphatic carboxylic acids is 1. The molecule has 1 aromatic rings. The van der Waals surface area contributed by atoms with Crippen molar-refractivity contribution in [3.63, 3.8) is 0 Å². The van der Waals surface area contributed by atoms with Gasteiger partial charge in [0.05, 0.1) is 6.42 Å². The summed E-state index contributed by atoms with van der Waals surface area (Å²) in [5.41, 5.74) is 6.49. The average molecular weight is 223 g/mol. The summed E-state index contributed by atoms with van der Waals surface area (Å²) in [4.78, 5) is 10.5. The molecule has 1 atom stereocenters. The van der Waals surface area contributed by atoms with Gasteiger partial charge in [0.15, 0.2) is 11.5 Å². The molecule has 1 heterocycles. The van der Waals surface area contributed by atoms with E-state index in [1.807, 2.05) is 0 Å². The van der Waals surface area contributed by atoms with Crippen LogP contribution < -0.4 is 15.2 Å². The number of hydrogen-bond donors (Lipinski definition) is 2. The van der Waals surface area contributed by atoms with E-state index in [-0.39, 0.29) is 6.42 Å².